The van der Waals surface area contributed by atoms with Gasteiger partial charge in [-0.2, -0.15) is 8.42 Å². The maximum Gasteiger partial charge on any atom is 0.338 e. The molecule has 0 aromatic heterocycles. The molecule has 0 fully saturated rings. The van der Waals surface area contributed by atoms with Gasteiger partial charge in [-0.1, -0.05) is 24.8 Å². The van der Waals surface area contributed by atoms with E-state index in [9.17, 15) is 8.42 Å². The normalized spacial score (nSPS) is 9.85. The van der Waals surface area contributed by atoms with Crippen molar-refractivity contribution in [2.24, 2.45) is 0 Å². The van der Waals surface area contributed by atoms with E-state index in [0.29, 0.717) is 0 Å². The van der Waals surface area contributed by atoms with Crippen LogP contribution in [-0.2, 0) is 14.3 Å². The number of hydrogen-bond acceptors (Lipinski definition) is 3. The van der Waals surface area contributed by atoms with Crippen LogP contribution in [0.3, 0.4) is 0 Å². The standard InChI is InChI=1S/C8H8O3S.La/c1-2-11-12(9,10)8-6-4-3-5-7-8;/h2-7H,1H2;. The molecule has 1 aromatic rings. The average molecular weight is 323 g/mol. The summed E-state index contributed by atoms with van der Waals surface area (Å²) in [5.74, 6) is 0. The van der Waals surface area contributed by atoms with Gasteiger partial charge in [-0.25, -0.2) is 0 Å². The van der Waals surface area contributed by atoms with Gasteiger partial charge < -0.3 is 4.18 Å². The number of hydrogen-bond donors (Lipinski definition) is 0. The van der Waals surface area contributed by atoms with Crippen molar-refractivity contribution in [2.75, 3.05) is 0 Å². The fourth-order valence-corrected chi connectivity index (χ4v) is 1.51. The van der Waals surface area contributed by atoms with E-state index in [1.54, 1.807) is 18.2 Å². The van der Waals surface area contributed by atoms with Gasteiger partial charge in [0, 0.05) is 35.6 Å². The molecule has 67 valence electrons. The Morgan fingerprint density at radius 3 is 2.23 bits per heavy atom. The molecule has 0 bridgehead atoms. The summed E-state index contributed by atoms with van der Waals surface area (Å²) < 4.78 is 26.6. The molecule has 0 aliphatic heterocycles. The monoisotopic (exact) mass is 323 g/mol. The molecule has 0 spiro atoms. The SMILES string of the molecule is C=COS(=O)(=O)c1ccccc1.[La]. The van der Waals surface area contributed by atoms with Crippen LogP contribution in [0.4, 0.5) is 0 Å². The van der Waals surface area contributed by atoms with Gasteiger partial charge in [-0.15, -0.1) is 0 Å². The van der Waals surface area contributed by atoms with Gasteiger partial charge in [0.05, 0.1) is 6.26 Å². The van der Waals surface area contributed by atoms with Crippen molar-refractivity contribution in [1.29, 1.82) is 0 Å². The van der Waals surface area contributed by atoms with Crippen molar-refractivity contribution in [3.05, 3.63) is 43.2 Å². The van der Waals surface area contributed by atoms with E-state index >= 15 is 0 Å². The summed E-state index contributed by atoms with van der Waals surface area (Å²) in [6.45, 7) is 3.17. The van der Waals surface area contributed by atoms with E-state index < -0.39 is 10.1 Å². The molecule has 0 unspecified atom stereocenters. The molecular formula is C8H8LaO3S. The first-order valence-corrected chi connectivity index (χ1v) is 4.67. The van der Waals surface area contributed by atoms with Gasteiger partial charge >= 0.3 is 10.1 Å². The summed E-state index contributed by atoms with van der Waals surface area (Å²) in [7, 11) is -3.63. The number of rotatable bonds is 3. The summed E-state index contributed by atoms with van der Waals surface area (Å²) in [6, 6.07) is 7.89. The molecular weight excluding hydrogens is 315 g/mol. The topological polar surface area (TPSA) is 43.4 Å². The minimum atomic E-state index is -3.63. The van der Waals surface area contributed by atoms with Crippen LogP contribution in [0.15, 0.2) is 48.1 Å². The minimum absolute atomic E-state index is 0. The maximum atomic E-state index is 11.1. The second kappa shape index (κ2) is 5.60. The third-order valence-electron chi connectivity index (χ3n) is 1.23. The average Bonchev–Trinajstić information content (AvgIpc) is 2.06. The molecule has 13 heavy (non-hydrogen) atoms. The van der Waals surface area contributed by atoms with Crippen LogP contribution in [0.25, 0.3) is 0 Å². The molecule has 0 atom stereocenters. The molecule has 0 saturated carbocycles. The molecule has 1 radical (unpaired) electrons. The van der Waals surface area contributed by atoms with Gasteiger partial charge in [0.1, 0.15) is 4.90 Å². The van der Waals surface area contributed by atoms with Crippen LogP contribution < -0.4 is 0 Å². The Balaban J connectivity index is 0.00000144. The van der Waals surface area contributed by atoms with Crippen molar-refractivity contribution in [3.63, 3.8) is 0 Å². The molecule has 0 N–H and O–H groups in total. The zero-order chi connectivity index (χ0) is 9.03. The minimum Gasteiger partial charge on any atom is -0.388 e. The van der Waals surface area contributed by atoms with Crippen LogP contribution in [0, 0.1) is 35.6 Å². The molecule has 0 saturated heterocycles. The van der Waals surface area contributed by atoms with Gasteiger partial charge in [0.15, 0.2) is 0 Å². The predicted molar refractivity (Wildman–Crippen MR) is 44.9 cm³/mol. The molecule has 0 amide bonds. The van der Waals surface area contributed by atoms with Crippen LogP contribution >= 0.6 is 0 Å². The van der Waals surface area contributed by atoms with E-state index in [0.717, 1.165) is 6.26 Å². The third kappa shape index (κ3) is 3.64. The van der Waals surface area contributed by atoms with Crippen molar-refractivity contribution < 1.29 is 48.2 Å². The Kier molecular flexibility index (Phi) is 5.56. The predicted octanol–water partition coefficient (Wildman–Crippen LogP) is 1.54. The third-order valence-corrected chi connectivity index (χ3v) is 2.47. The summed E-state index contributed by atoms with van der Waals surface area (Å²) >= 11 is 0. The van der Waals surface area contributed by atoms with Gasteiger partial charge in [-0.3, -0.25) is 0 Å². The van der Waals surface area contributed by atoms with Crippen molar-refractivity contribution >= 4 is 10.1 Å². The molecule has 5 heteroatoms. The first kappa shape index (κ1) is 12.9. The molecule has 1 aromatic carbocycles. The second-order valence-corrected chi connectivity index (χ2v) is 3.60. The molecule has 0 heterocycles. The number of benzene rings is 1. The van der Waals surface area contributed by atoms with Crippen LogP contribution in [0.2, 0.25) is 0 Å². The maximum absolute atomic E-state index is 11.1. The van der Waals surface area contributed by atoms with Crippen LogP contribution in [0.5, 0.6) is 0 Å². The molecule has 1 rings (SSSR count). The Labute approximate surface area is 106 Å². The summed E-state index contributed by atoms with van der Waals surface area (Å²) in [4.78, 5) is 0.130. The molecule has 3 nitrogen and oxygen atoms in total. The second-order valence-electron chi connectivity index (χ2n) is 2.03. The first-order chi connectivity index (χ1) is 5.67. The smallest absolute Gasteiger partial charge is 0.338 e. The van der Waals surface area contributed by atoms with Crippen molar-refractivity contribution in [1.82, 2.24) is 0 Å². The first-order valence-electron chi connectivity index (χ1n) is 3.26. The van der Waals surface area contributed by atoms with Gasteiger partial charge in [0.25, 0.3) is 0 Å². The summed E-state index contributed by atoms with van der Waals surface area (Å²) in [5, 5.41) is 0. The molecule has 0 aliphatic rings. The van der Waals surface area contributed by atoms with Gasteiger partial charge in [-0.05, 0) is 12.1 Å². The van der Waals surface area contributed by atoms with Gasteiger partial charge in [0.2, 0.25) is 0 Å². The quantitative estimate of drug-likeness (QED) is 0.626. The Morgan fingerprint density at radius 1 is 1.23 bits per heavy atom. The zero-order valence-electron chi connectivity index (χ0n) is 6.88. The summed E-state index contributed by atoms with van der Waals surface area (Å²) in [5.41, 5.74) is 0. The van der Waals surface area contributed by atoms with E-state index in [1.807, 2.05) is 0 Å². The van der Waals surface area contributed by atoms with E-state index in [2.05, 4.69) is 10.8 Å². The Morgan fingerprint density at radius 2 is 1.77 bits per heavy atom. The fourth-order valence-electron chi connectivity index (χ4n) is 0.732. The van der Waals surface area contributed by atoms with E-state index in [1.165, 1.54) is 12.1 Å². The summed E-state index contributed by atoms with van der Waals surface area (Å²) in [6.07, 6.45) is 0.891. The van der Waals surface area contributed by atoms with Crippen LogP contribution in [-0.4, -0.2) is 8.42 Å². The Hall–Kier alpha value is -0.0952. The Bertz CT molecular complexity index is 358. The van der Waals surface area contributed by atoms with Crippen LogP contribution in [0.1, 0.15) is 0 Å². The zero-order valence-corrected chi connectivity index (χ0v) is 11.3. The van der Waals surface area contributed by atoms with E-state index in [4.69, 9.17) is 0 Å². The van der Waals surface area contributed by atoms with E-state index in [-0.39, 0.29) is 40.5 Å². The van der Waals surface area contributed by atoms with Crippen molar-refractivity contribution in [3.8, 4) is 0 Å². The largest absolute Gasteiger partial charge is 0.388 e. The fraction of sp³-hybridized carbons (Fsp3) is 0. The molecule has 0 aliphatic carbocycles. The van der Waals surface area contributed by atoms with Crippen molar-refractivity contribution in [2.45, 2.75) is 4.90 Å².